The number of aliphatic carboxylic acids is 1. The molecule has 0 fully saturated rings. The fraction of sp³-hybridized carbons (Fsp3) is 0.192. The predicted molar refractivity (Wildman–Crippen MR) is 124 cm³/mol. The van der Waals surface area contributed by atoms with Gasteiger partial charge in [-0.15, -0.1) is 0 Å². The number of halogens is 1. The first-order valence-electron chi connectivity index (χ1n) is 11.0. The molecule has 8 heteroatoms. The predicted octanol–water partition coefficient (Wildman–Crippen LogP) is 3.40. The van der Waals surface area contributed by atoms with Crippen LogP contribution in [-0.4, -0.2) is 34.6 Å². The van der Waals surface area contributed by atoms with Gasteiger partial charge in [-0.1, -0.05) is 24.3 Å². The van der Waals surface area contributed by atoms with Gasteiger partial charge in [-0.2, -0.15) is 0 Å². The zero-order chi connectivity index (χ0) is 23.7. The van der Waals surface area contributed by atoms with Gasteiger partial charge < -0.3 is 20.5 Å². The number of ether oxygens (including phenoxy) is 1. The number of hydrogen-bond acceptors (Lipinski definition) is 5. The van der Waals surface area contributed by atoms with Crippen molar-refractivity contribution in [3.8, 4) is 0 Å². The summed E-state index contributed by atoms with van der Waals surface area (Å²) in [5, 5.41) is 15.4. The van der Waals surface area contributed by atoms with E-state index in [1.807, 2.05) is 30.3 Å². The van der Waals surface area contributed by atoms with Gasteiger partial charge in [-0.05, 0) is 48.9 Å². The molecule has 3 N–H and O–H groups in total. The molecular formula is C26H22FN3O4. The van der Waals surface area contributed by atoms with Crippen LogP contribution < -0.4 is 10.6 Å². The molecule has 0 saturated heterocycles. The maximum absolute atomic E-state index is 13.8. The highest BCUT2D eigenvalue weighted by Gasteiger charge is 2.32. The van der Waals surface area contributed by atoms with E-state index >= 15 is 0 Å². The minimum absolute atomic E-state index is 0.301. The van der Waals surface area contributed by atoms with Gasteiger partial charge >= 0.3 is 5.97 Å². The number of benzene rings is 2. The van der Waals surface area contributed by atoms with Crippen molar-refractivity contribution < 1.29 is 23.8 Å². The van der Waals surface area contributed by atoms with Crippen LogP contribution in [0.3, 0.4) is 0 Å². The Labute approximate surface area is 195 Å². The minimum atomic E-state index is -0.921. The molecule has 7 nitrogen and oxygen atoms in total. The van der Waals surface area contributed by atoms with E-state index in [1.54, 1.807) is 18.3 Å². The summed E-state index contributed by atoms with van der Waals surface area (Å²) >= 11 is 0. The third-order valence-electron chi connectivity index (χ3n) is 5.98. The second kappa shape index (κ2) is 9.07. The molecule has 0 spiro atoms. The molecule has 0 aliphatic carbocycles. The van der Waals surface area contributed by atoms with Crippen LogP contribution in [-0.2, 0) is 33.8 Å². The van der Waals surface area contributed by atoms with Crippen LogP contribution in [0.4, 0.5) is 10.1 Å². The van der Waals surface area contributed by atoms with E-state index in [0.29, 0.717) is 48.6 Å². The molecule has 172 valence electrons. The van der Waals surface area contributed by atoms with Gasteiger partial charge in [-0.25, -0.2) is 4.39 Å². The summed E-state index contributed by atoms with van der Waals surface area (Å²) in [6.07, 6.45) is 2.57. The van der Waals surface area contributed by atoms with Crippen molar-refractivity contribution in [3.63, 3.8) is 0 Å². The van der Waals surface area contributed by atoms with Crippen LogP contribution >= 0.6 is 0 Å². The Morgan fingerprint density at radius 1 is 1.18 bits per heavy atom. The van der Waals surface area contributed by atoms with Gasteiger partial charge in [0.05, 0.1) is 5.57 Å². The molecule has 34 heavy (non-hydrogen) atoms. The standard InChI is InChI=1S/C26H22FN3O4/c27-17-5-7-21-20(12-17)23(25(31)30-21)24-19-6-4-15(11-16(19)14-34-24)8-10-29-22(26(32)33)13-18-3-1-2-9-28-18/h1-7,9,11-12,22,29H,8,10,13-14H2,(H,30,31)(H,32,33). The van der Waals surface area contributed by atoms with Crippen LogP contribution in [0.15, 0.2) is 60.8 Å². The highest BCUT2D eigenvalue weighted by molar-refractivity contribution is 6.36. The van der Waals surface area contributed by atoms with Crippen molar-refractivity contribution in [1.82, 2.24) is 10.3 Å². The van der Waals surface area contributed by atoms with Crippen molar-refractivity contribution in [2.75, 3.05) is 11.9 Å². The van der Waals surface area contributed by atoms with Crippen molar-refractivity contribution in [2.45, 2.75) is 25.5 Å². The van der Waals surface area contributed by atoms with Crippen molar-refractivity contribution in [3.05, 3.63) is 94.6 Å². The Kier molecular flexibility index (Phi) is 5.81. The van der Waals surface area contributed by atoms with Crippen molar-refractivity contribution in [1.29, 1.82) is 0 Å². The maximum atomic E-state index is 13.8. The fourth-order valence-corrected chi connectivity index (χ4v) is 4.31. The van der Waals surface area contributed by atoms with Crippen molar-refractivity contribution >= 4 is 28.9 Å². The van der Waals surface area contributed by atoms with Gasteiger partial charge in [0, 0.05) is 40.7 Å². The minimum Gasteiger partial charge on any atom is -0.487 e. The number of nitrogens with zero attached hydrogens (tertiary/aromatic N) is 1. The zero-order valence-electron chi connectivity index (χ0n) is 18.2. The fourth-order valence-electron chi connectivity index (χ4n) is 4.31. The van der Waals surface area contributed by atoms with Crippen LogP contribution in [0.1, 0.15) is 27.9 Å². The Morgan fingerprint density at radius 2 is 2.06 bits per heavy atom. The summed E-state index contributed by atoms with van der Waals surface area (Å²) in [6.45, 7) is 0.789. The highest BCUT2D eigenvalue weighted by Crippen LogP contribution is 2.41. The normalized spacial score (nSPS) is 17.0. The molecule has 0 bridgehead atoms. The summed E-state index contributed by atoms with van der Waals surface area (Å²) in [5.74, 6) is -1.21. The molecule has 1 aromatic heterocycles. The van der Waals surface area contributed by atoms with E-state index in [4.69, 9.17) is 4.74 Å². The Morgan fingerprint density at radius 3 is 2.85 bits per heavy atom. The Balaban J connectivity index is 1.30. The summed E-state index contributed by atoms with van der Waals surface area (Å²) < 4.78 is 19.7. The summed E-state index contributed by atoms with van der Waals surface area (Å²) in [6, 6.07) is 14.7. The van der Waals surface area contributed by atoms with E-state index in [1.165, 1.54) is 12.1 Å². The maximum Gasteiger partial charge on any atom is 0.321 e. The van der Waals surface area contributed by atoms with Crippen LogP contribution in [0, 0.1) is 5.82 Å². The molecule has 3 aromatic rings. The molecule has 5 rings (SSSR count). The number of carbonyl (C=O) groups excluding carboxylic acids is 1. The van der Waals surface area contributed by atoms with E-state index < -0.39 is 17.8 Å². The summed E-state index contributed by atoms with van der Waals surface area (Å²) in [4.78, 5) is 28.4. The lowest BCUT2D eigenvalue weighted by atomic mass is 9.98. The SMILES string of the molecule is O=C1Nc2ccc(F)cc2C1=C1OCc2cc(CCNC(Cc3ccccn3)C(=O)O)ccc21. The zero-order valence-corrected chi connectivity index (χ0v) is 18.2. The van der Waals surface area contributed by atoms with Gasteiger partial charge in [-0.3, -0.25) is 14.6 Å². The number of anilines is 1. The molecule has 0 saturated carbocycles. The van der Waals surface area contributed by atoms with E-state index in [9.17, 15) is 19.1 Å². The summed E-state index contributed by atoms with van der Waals surface area (Å²) in [7, 11) is 0. The largest absolute Gasteiger partial charge is 0.487 e. The second-order valence-electron chi connectivity index (χ2n) is 8.25. The van der Waals surface area contributed by atoms with E-state index in [2.05, 4.69) is 15.6 Å². The molecule has 2 aromatic carbocycles. The third-order valence-corrected chi connectivity index (χ3v) is 5.98. The molecular weight excluding hydrogens is 437 g/mol. The highest BCUT2D eigenvalue weighted by atomic mass is 19.1. The first-order valence-corrected chi connectivity index (χ1v) is 11.0. The van der Waals surface area contributed by atoms with Gasteiger partial charge in [0.1, 0.15) is 24.2 Å². The Hall–Kier alpha value is -4.04. The van der Waals surface area contributed by atoms with Gasteiger partial charge in [0.15, 0.2) is 0 Å². The number of fused-ring (bicyclic) bond motifs is 2. The second-order valence-corrected chi connectivity index (χ2v) is 8.25. The molecule has 0 radical (unpaired) electrons. The first-order chi connectivity index (χ1) is 16.5. The molecule has 3 heterocycles. The molecule has 2 aliphatic rings. The number of hydrogen-bond donors (Lipinski definition) is 3. The Bertz CT molecular complexity index is 1310. The van der Waals surface area contributed by atoms with Crippen molar-refractivity contribution in [2.24, 2.45) is 0 Å². The number of pyridine rings is 1. The smallest absolute Gasteiger partial charge is 0.321 e. The number of carboxylic acids is 1. The molecule has 2 aliphatic heterocycles. The van der Waals surface area contributed by atoms with Gasteiger partial charge in [0.2, 0.25) is 0 Å². The van der Waals surface area contributed by atoms with Crippen LogP contribution in [0.5, 0.6) is 0 Å². The number of nitrogens with one attached hydrogen (secondary N) is 2. The topological polar surface area (TPSA) is 101 Å². The number of rotatable bonds is 7. The molecule has 1 unspecified atom stereocenters. The lowest BCUT2D eigenvalue weighted by molar-refractivity contribution is -0.139. The summed E-state index contributed by atoms with van der Waals surface area (Å²) in [5.41, 5.74) is 4.86. The lowest BCUT2D eigenvalue weighted by Gasteiger charge is -2.14. The number of carbonyl (C=O) groups is 2. The molecule has 1 amide bonds. The van der Waals surface area contributed by atoms with Gasteiger partial charge in [0.25, 0.3) is 5.91 Å². The van der Waals surface area contributed by atoms with E-state index in [-0.39, 0.29) is 5.91 Å². The number of amides is 1. The number of aromatic nitrogens is 1. The van der Waals surface area contributed by atoms with Crippen LogP contribution in [0.25, 0.3) is 11.3 Å². The average Bonchev–Trinajstić information content (AvgIpc) is 3.38. The number of carboxylic acid groups (broad SMARTS) is 1. The third kappa shape index (κ3) is 4.27. The molecule has 1 atom stereocenters. The lowest BCUT2D eigenvalue weighted by Crippen LogP contribution is -2.39. The monoisotopic (exact) mass is 459 g/mol. The van der Waals surface area contributed by atoms with E-state index in [0.717, 1.165) is 22.4 Å². The average molecular weight is 459 g/mol. The van der Waals surface area contributed by atoms with Crippen LogP contribution in [0.2, 0.25) is 0 Å². The quantitative estimate of drug-likeness (QED) is 0.469. The first kappa shape index (κ1) is 21.8.